The van der Waals surface area contributed by atoms with E-state index in [-0.39, 0.29) is 36.5 Å². The molecule has 2 aliphatic heterocycles. The molecule has 3 heterocycles. The fourth-order valence-corrected chi connectivity index (χ4v) is 4.58. The summed E-state index contributed by atoms with van der Waals surface area (Å²) in [5.41, 5.74) is 7.06. The van der Waals surface area contributed by atoms with Gasteiger partial charge in [0.1, 0.15) is 11.8 Å². The van der Waals surface area contributed by atoms with Gasteiger partial charge in [-0.15, -0.1) is 0 Å². The molecule has 11 heteroatoms. The van der Waals surface area contributed by atoms with Gasteiger partial charge in [-0.05, 0) is 55.4 Å². The van der Waals surface area contributed by atoms with E-state index in [9.17, 15) is 19.2 Å². The summed E-state index contributed by atoms with van der Waals surface area (Å²) in [7, 11) is 1.75. The van der Waals surface area contributed by atoms with Crippen LogP contribution < -0.4 is 21.1 Å². The zero-order valence-electron chi connectivity index (χ0n) is 22.4. The number of aromatic nitrogens is 2. The predicted octanol–water partition coefficient (Wildman–Crippen LogP) is 1.50. The minimum absolute atomic E-state index is 0.0209. The van der Waals surface area contributed by atoms with Gasteiger partial charge in [-0.3, -0.25) is 23.9 Å². The van der Waals surface area contributed by atoms with Gasteiger partial charge in [0.05, 0.1) is 12.8 Å². The smallest absolute Gasteiger partial charge is 0.247 e. The van der Waals surface area contributed by atoms with Crippen LogP contribution in [0.2, 0.25) is 0 Å². The quantitative estimate of drug-likeness (QED) is 0.513. The average Bonchev–Trinajstić information content (AvgIpc) is 3.31. The lowest BCUT2D eigenvalue weighted by atomic mass is 9.95. The third-order valence-corrected chi connectivity index (χ3v) is 6.63. The van der Waals surface area contributed by atoms with Crippen molar-refractivity contribution >= 4 is 23.6 Å². The lowest BCUT2D eigenvalue weighted by molar-refractivity contribution is -0.135. The van der Waals surface area contributed by atoms with Gasteiger partial charge < -0.3 is 26.0 Å². The largest absolute Gasteiger partial charge is 0.494 e. The number of fused-ring (bicyclic) bond motifs is 4. The van der Waals surface area contributed by atoms with Crippen LogP contribution in [0.5, 0.6) is 5.75 Å². The molecule has 206 valence electrons. The van der Waals surface area contributed by atoms with Gasteiger partial charge in [0.15, 0.2) is 0 Å². The van der Waals surface area contributed by atoms with Crippen molar-refractivity contribution in [3.63, 3.8) is 0 Å². The highest BCUT2D eigenvalue weighted by Crippen LogP contribution is 2.23. The monoisotopic (exact) mass is 526 g/mol. The molecule has 2 aliphatic rings. The fourth-order valence-electron chi connectivity index (χ4n) is 4.58. The molecule has 0 aliphatic carbocycles. The van der Waals surface area contributed by atoms with Crippen LogP contribution in [0.1, 0.15) is 61.8 Å². The highest BCUT2D eigenvalue weighted by atomic mass is 16.5. The van der Waals surface area contributed by atoms with Crippen LogP contribution in [0.4, 0.5) is 0 Å². The Hall–Kier alpha value is -3.89. The van der Waals surface area contributed by atoms with Crippen molar-refractivity contribution in [1.82, 2.24) is 25.3 Å². The van der Waals surface area contributed by atoms with E-state index in [1.54, 1.807) is 24.1 Å². The summed E-state index contributed by atoms with van der Waals surface area (Å²) in [4.78, 5) is 49.7. The van der Waals surface area contributed by atoms with Crippen LogP contribution in [-0.4, -0.2) is 58.0 Å². The van der Waals surface area contributed by atoms with E-state index in [0.717, 1.165) is 42.7 Å². The molecular weight excluding hydrogens is 488 g/mol. The summed E-state index contributed by atoms with van der Waals surface area (Å²) in [5, 5.41) is 9.87. The fraction of sp³-hybridized carbons (Fsp3) is 0.519. The third kappa shape index (κ3) is 8.60. The van der Waals surface area contributed by atoms with Crippen molar-refractivity contribution in [2.75, 3.05) is 19.7 Å². The second-order valence-electron chi connectivity index (χ2n) is 9.85. The van der Waals surface area contributed by atoms with E-state index in [2.05, 4.69) is 21.5 Å². The first-order valence-corrected chi connectivity index (χ1v) is 12.9. The molecule has 1 aromatic heterocycles. The highest BCUT2D eigenvalue weighted by Gasteiger charge is 2.27. The van der Waals surface area contributed by atoms with Crippen molar-refractivity contribution in [3.8, 4) is 5.75 Å². The lowest BCUT2D eigenvalue weighted by Gasteiger charge is -2.33. The topological polar surface area (TPSA) is 149 Å². The summed E-state index contributed by atoms with van der Waals surface area (Å²) < 4.78 is 7.60. The van der Waals surface area contributed by atoms with Crippen LogP contribution in [-0.2, 0) is 32.8 Å². The summed E-state index contributed by atoms with van der Waals surface area (Å²) >= 11 is 0. The number of nitrogens with one attached hydrogen (secondary N) is 2. The number of carbonyl (C=O) groups is 4. The second-order valence-corrected chi connectivity index (χ2v) is 9.85. The molecule has 38 heavy (non-hydrogen) atoms. The van der Waals surface area contributed by atoms with Crippen LogP contribution >= 0.6 is 0 Å². The highest BCUT2D eigenvalue weighted by molar-refractivity contribution is 5.90. The van der Waals surface area contributed by atoms with Crippen molar-refractivity contribution < 1.29 is 23.9 Å². The minimum Gasteiger partial charge on any atom is -0.494 e. The number of nitrogens with two attached hydrogens (primary N) is 1. The Morgan fingerprint density at radius 2 is 1.95 bits per heavy atom. The summed E-state index contributed by atoms with van der Waals surface area (Å²) in [6.07, 6.45) is 6.34. The van der Waals surface area contributed by atoms with Gasteiger partial charge in [-0.25, -0.2) is 0 Å². The predicted molar refractivity (Wildman–Crippen MR) is 141 cm³/mol. The number of hydrogen-bond acceptors (Lipinski definition) is 6. The van der Waals surface area contributed by atoms with Crippen molar-refractivity contribution in [1.29, 1.82) is 0 Å². The molecule has 2 atom stereocenters. The first kappa shape index (κ1) is 28.7. The molecule has 1 saturated heterocycles. The maximum atomic E-state index is 13.1. The molecule has 2 aromatic rings. The summed E-state index contributed by atoms with van der Waals surface area (Å²) in [5.74, 6) is 0.130. The zero-order chi connectivity index (χ0) is 27.7. The SMILES string of the molecule is CC(N)=O.Cc1ccc2cc1CNC(=O)C(c1cnn(C)c1)NC(=O)CCC(=O)N1CCCC(CCO2)C1. The Bertz CT molecular complexity index is 1140. The zero-order valence-corrected chi connectivity index (χ0v) is 22.4. The molecule has 4 bridgehead atoms. The van der Waals surface area contributed by atoms with Gasteiger partial charge in [0.2, 0.25) is 23.6 Å². The second kappa shape index (κ2) is 13.6. The molecule has 0 spiro atoms. The van der Waals surface area contributed by atoms with E-state index < -0.39 is 6.04 Å². The average molecular weight is 527 g/mol. The molecule has 4 N–H and O–H groups in total. The molecular formula is C27H38N6O5. The molecule has 0 radical (unpaired) electrons. The van der Waals surface area contributed by atoms with Crippen LogP contribution in [0.3, 0.4) is 0 Å². The number of rotatable bonds is 1. The molecule has 1 fully saturated rings. The van der Waals surface area contributed by atoms with E-state index in [4.69, 9.17) is 4.74 Å². The number of benzene rings is 1. The molecule has 4 rings (SSSR count). The van der Waals surface area contributed by atoms with Gasteiger partial charge in [0.25, 0.3) is 0 Å². The Morgan fingerprint density at radius 3 is 2.66 bits per heavy atom. The maximum absolute atomic E-state index is 13.1. The number of carbonyl (C=O) groups excluding carboxylic acids is 4. The number of hydrogen-bond donors (Lipinski definition) is 3. The van der Waals surface area contributed by atoms with Gasteiger partial charge in [0, 0.05) is 58.2 Å². The Morgan fingerprint density at radius 1 is 1.18 bits per heavy atom. The number of primary amides is 1. The Kier molecular flexibility index (Phi) is 10.3. The first-order chi connectivity index (χ1) is 18.1. The molecule has 1 aromatic carbocycles. The van der Waals surface area contributed by atoms with Crippen LogP contribution in [0.25, 0.3) is 0 Å². The van der Waals surface area contributed by atoms with Crippen molar-refractivity contribution in [2.45, 2.75) is 58.5 Å². The number of ether oxygens (including phenoxy) is 1. The van der Waals surface area contributed by atoms with Crippen LogP contribution in [0, 0.1) is 12.8 Å². The number of piperidine rings is 1. The summed E-state index contributed by atoms with van der Waals surface area (Å²) in [6.45, 7) is 5.60. The van der Waals surface area contributed by atoms with Gasteiger partial charge >= 0.3 is 0 Å². The van der Waals surface area contributed by atoms with Gasteiger partial charge in [-0.1, -0.05) is 6.07 Å². The Balaban J connectivity index is 0.000000934. The third-order valence-electron chi connectivity index (χ3n) is 6.63. The van der Waals surface area contributed by atoms with Crippen LogP contribution in [0.15, 0.2) is 30.6 Å². The van der Waals surface area contributed by atoms with E-state index >= 15 is 0 Å². The first-order valence-electron chi connectivity index (χ1n) is 12.9. The van der Waals surface area contributed by atoms with E-state index in [1.807, 2.05) is 30.0 Å². The molecule has 2 unspecified atom stereocenters. The van der Waals surface area contributed by atoms with Gasteiger partial charge in [-0.2, -0.15) is 5.10 Å². The summed E-state index contributed by atoms with van der Waals surface area (Å²) in [6, 6.07) is 4.98. The number of amides is 4. The minimum atomic E-state index is -0.894. The number of aryl methyl sites for hydroxylation is 2. The van der Waals surface area contributed by atoms with E-state index in [1.165, 1.54) is 6.92 Å². The standard InChI is InChI=1S/C25H33N5O4.C2H5NO/c1-17-5-6-21-12-19(17)13-26-25(33)24(20-14-27-29(2)16-20)28-22(31)7-8-23(32)30-10-3-4-18(15-30)9-11-34-21;1-2(3)4/h5-6,12,14,16,18,24H,3-4,7-11,13,15H2,1-2H3,(H,26,33)(H,28,31);1H3,(H2,3,4). The molecule has 4 amide bonds. The molecule has 0 saturated carbocycles. The molecule has 11 nitrogen and oxygen atoms in total. The van der Waals surface area contributed by atoms with E-state index in [0.29, 0.717) is 31.2 Å². The number of nitrogens with zero attached hydrogens (tertiary/aromatic N) is 3. The maximum Gasteiger partial charge on any atom is 0.247 e. The Labute approximate surface area is 223 Å². The van der Waals surface area contributed by atoms with Crippen molar-refractivity contribution in [3.05, 3.63) is 47.3 Å². The normalized spacial score (nSPS) is 21.0. The lowest BCUT2D eigenvalue weighted by Crippen LogP contribution is -2.42. The van der Waals surface area contributed by atoms with Crippen molar-refractivity contribution in [2.24, 2.45) is 18.7 Å².